The fourth-order valence-corrected chi connectivity index (χ4v) is 4.94. The van der Waals surface area contributed by atoms with Gasteiger partial charge in [-0.1, -0.05) is 60.1 Å². The molecular weight excluding hydrogens is 498 g/mol. The molecule has 2 fully saturated rings. The number of fused-ring (bicyclic) bond motifs is 2. The standard InChI is InChI=1S/C25H24ClN7O4/c26-16-9-17-24(31-25(29-17)37-19-11-36-21-18(34)10-35-22(19)21)30-20(16)14-5-1-12(2-6-14)13-3-7-15(8-4-13)23(32-27)33-28/h1-9,18-19,21-22,34H,10-11,27-28H2,(H,32,33)(H,29,30,31)/t18-,19-,21?,22?/m1/s1. The molecule has 0 bridgehead atoms. The number of benzene rings is 2. The Kier molecular flexibility index (Phi) is 6.14. The molecule has 2 unspecified atom stereocenters. The van der Waals surface area contributed by atoms with Gasteiger partial charge in [-0.25, -0.2) is 10.8 Å². The summed E-state index contributed by atoms with van der Waals surface area (Å²) in [5.41, 5.74) is 7.87. The highest BCUT2D eigenvalue weighted by Gasteiger charge is 2.48. The lowest BCUT2D eigenvalue weighted by Crippen LogP contribution is -2.34. The van der Waals surface area contributed by atoms with Crippen LogP contribution in [0.2, 0.25) is 5.02 Å². The zero-order valence-corrected chi connectivity index (χ0v) is 20.2. The number of hydrogen-bond acceptors (Lipinski definition) is 9. The zero-order chi connectivity index (χ0) is 25.5. The van der Waals surface area contributed by atoms with E-state index in [-0.39, 0.29) is 24.9 Å². The molecule has 0 saturated carbocycles. The number of aromatic amines is 1. The number of rotatable bonds is 5. The van der Waals surface area contributed by atoms with E-state index in [1.54, 1.807) is 6.07 Å². The highest BCUT2D eigenvalue weighted by atomic mass is 35.5. The highest BCUT2D eigenvalue weighted by Crippen LogP contribution is 2.33. The minimum absolute atomic E-state index is 0.232. The van der Waals surface area contributed by atoms with Gasteiger partial charge in [0.05, 0.1) is 29.4 Å². The number of hydrogen-bond donors (Lipinski definition) is 5. The second-order valence-electron chi connectivity index (χ2n) is 8.83. The lowest BCUT2D eigenvalue weighted by atomic mass is 10.0. The quantitative estimate of drug-likeness (QED) is 0.114. The average Bonchev–Trinajstić information content (AvgIpc) is 3.61. The number of hydrazine groups is 1. The minimum atomic E-state index is -0.644. The maximum Gasteiger partial charge on any atom is 0.296 e. The van der Waals surface area contributed by atoms with Crippen LogP contribution in [-0.2, 0) is 9.47 Å². The maximum absolute atomic E-state index is 9.93. The van der Waals surface area contributed by atoms with Gasteiger partial charge in [0.2, 0.25) is 0 Å². The first-order chi connectivity index (χ1) is 18.0. The van der Waals surface area contributed by atoms with E-state index in [4.69, 9.17) is 37.5 Å². The summed E-state index contributed by atoms with van der Waals surface area (Å²) in [6.45, 7) is 0.541. The fraction of sp³-hybridized carbons (Fsp3) is 0.240. The van der Waals surface area contributed by atoms with Crippen LogP contribution in [0.3, 0.4) is 0 Å². The second-order valence-corrected chi connectivity index (χ2v) is 9.24. The third kappa shape index (κ3) is 4.37. The number of nitrogens with zero attached hydrogens (tertiary/aromatic N) is 3. The van der Waals surface area contributed by atoms with Gasteiger partial charge in [0.1, 0.15) is 18.3 Å². The molecule has 12 heteroatoms. The second kappa shape index (κ2) is 9.61. The molecule has 2 aliphatic rings. The van der Waals surface area contributed by atoms with Crippen molar-refractivity contribution in [3.05, 3.63) is 65.2 Å². The van der Waals surface area contributed by atoms with E-state index < -0.39 is 6.10 Å². The van der Waals surface area contributed by atoms with Gasteiger partial charge in [0.15, 0.2) is 17.6 Å². The smallest absolute Gasteiger partial charge is 0.296 e. The largest absolute Gasteiger partial charge is 0.456 e. The summed E-state index contributed by atoms with van der Waals surface area (Å²) in [5.74, 6) is 11.2. The Balaban J connectivity index is 1.21. The number of H-pyrrole nitrogens is 1. The van der Waals surface area contributed by atoms with Crippen molar-refractivity contribution < 1.29 is 19.3 Å². The molecule has 4 aromatic rings. The number of amidine groups is 1. The van der Waals surface area contributed by atoms with Crippen LogP contribution in [0.4, 0.5) is 0 Å². The van der Waals surface area contributed by atoms with Crippen LogP contribution < -0.4 is 21.8 Å². The van der Waals surface area contributed by atoms with Crippen LogP contribution in [0.15, 0.2) is 59.7 Å². The third-order valence-corrected chi connectivity index (χ3v) is 6.85. The predicted octanol–water partition coefficient (Wildman–Crippen LogP) is 1.93. The Morgan fingerprint density at radius 3 is 2.41 bits per heavy atom. The molecule has 2 aromatic heterocycles. The van der Waals surface area contributed by atoms with Crippen LogP contribution >= 0.6 is 11.6 Å². The molecule has 11 nitrogen and oxygen atoms in total. The predicted molar refractivity (Wildman–Crippen MR) is 138 cm³/mol. The third-order valence-electron chi connectivity index (χ3n) is 6.57. The lowest BCUT2D eigenvalue weighted by molar-refractivity contribution is 0.00706. The van der Waals surface area contributed by atoms with E-state index >= 15 is 0 Å². The molecule has 4 atom stereocenters. The van der Waals surface area contributed by atoms with E-state index in [1.165, 1.54) is 0 Å². The van der Waals surface area contributed by atoms with Crippen molar-refractivity contribution in [2.45, 2.75) is 24.4 Å². The van der Waals surface area contributed by atoms with Gasteiger partial charge in [-0.2, -0.15) is 10.1 Å². The number of aromatic nitrogens is 3. The number of aliphatic hydroxyl groups is 1. The van der Waals surface area contributed by atoms with Crippen molar-refractivity contribution in [2.75, 3.05) is 13.2 Å². The van der Waals surface area contributed by atoms with E-state index in [0.717, 1.165) is 22.3 Å². The Bertz CT molecular complexity index is 1460. The Morgan fingerprint density at radius 1 is 1.03 bits per heavy atom. The van der Waals surface area contributed by atoms with Crippen molar-refractivity contribution in [2.24, 2.45) is 16.8 Å². The summed E-state index contributed by atoms with van der Waals surface area (Å²) in [7, 11) is 0. The molecule has 2 aliphatic heterocycles. The number of ether oxygens (including phenoxy) is 3. The zero-order valence-electron chi connectivity index (χ0n) is 19.5. The van der Waals surface area contributed by atoms with Crippen LogP contribution in [-0.4, -0.2) is 63.5 Å². The molecule has 190 valence electrons. The van der Waals surface area contributed by atoms with Gasteiger partial charge in [0, 0.05) is 11.1 Å². The van der Waals surface area contributed by atoms with E-state index in [1.807, 2.05) is 48.5 Å². The fourth-order valence-electron chi connectivity index (χ4n) is 4.68. The van der Waals surface area contributed by atoms with Crippen molar-refractivity contribution in [3.63, 3.8) is 0 Å². The van der Waals surface area contributed by atoms with E-state index in [9.17, 15) is 5.11 Å². The first-order valence-electron chi connectivity index (χ1n) is 11.6. The molecular formula is C25H24ClN7O4. The number of nitrogens with one attached hydrogen (secondary N) is 2. The molecule has 2 saturated heterocycles. The topological polar surface area (TPSA) is 166 Å². The molecule has 7 N–H and O–H groups in total. The van der Waals surface area contributed by atoms with Gasteiger partial charge >= 0.3 is 0 Å². The van der Waals surface area contributed by atoms with Gasteiger partial charge in [-0.3, -0.25) is 0 Å². The summed E-state index contributed by atoms with van der Waals surface area (Å²) in [5, 5.41) is 14.0. The average molecular weight is 522 g/mol. The minimum Gasteiger partial charge on any atom is -0.456 e. The molecule has 0 spiro atoms. The molecule has 37 heavy (non-hydrogen) atoms. The Hall–Kier alpha value is -3.74. The first-order valence-corrected chi connectivity index (χ1v) is 12.0. The van der Waals surface area contributed by atoms with Crippen molar-refractivity contribution in [3.8, 4) is 28.4 Å². The van der Waals surface area contributed by atoms with Crippen molar-refractivity contribution in [1.82, 2.24) is 20.4 Å². The van der Waals surface area contributed by atoms with E-state index in [2.05, 4.69) is 25.5 Å². The lowest BCUT2D eigenvalue weighted by Gasteiger charge is -2.15. The molecule has 2 aromatic carbocycles. The SMILES string of the molecule is N/N=C(\NN)c1ccc(-c2ccc(-c3nc4nc(O[C@@H]5COC6C5OC[C@H]6O)[nH]c4cc3Cl)cc2)cc1. The summed E-state index contributed by atoms with van der Waals surface area (Å²) in [6, 6.07) is 17.7. The molecule has 6 rings (SSSR count). The molecule has 4 heterocycles. The van der Waals surface area contributed by atoms with Gasteiger partial charge in [0.25, 0.3) is 6.01 Å². The number of hydrazone groups is 1. The molecule has 0 amide bonds. The summed E-state index contributed by atoms with van der Waals surface area (Å²) >= 11 is 6.58. The van der Waals surface area contributed by atoms with Gasteiger partial charge < -0.3 is 35.6 Å². The summed E-state index contributed by atoms with van der Waals surface area (Å²) in [4.78, 5) is 12.3. The monoisotopic (exact) mass is 521 g/mol. The Morgan fingerprint density at radius 2 is 1.70 bits per heavy atom. The normalized spacial score (nSPS) is 23.4. The van der Waals surface area contributed by atoms with Crippen LogP contribution in [0.5, 0.6) is 6.01 Å². The van der Waals surface area contributed by atoms with Crippen molar-refractivity contribution >= 4 is 28.6 Å². The number of imidazole rings is 1. The molecule has 0 radical (unpaired) electrons. The van der Waals surface area contributed by atoms with Gasteiger partial charge in [-0.05, 0) is 17.2 Å². The summed E-state index contributed by atoms with van der Waals surface area (Å²) in [6.07, 6.45) is -1.73. The Labute approximate surface area is 216 Å². The number of nitrogens with two attached hydrogens (primary N) is 2. The number of halogens is 1. The first kappa shape index (κ1) is 23.6. The highest BCUT2D eigenvalue weighted by molar-refractivity contribution is 6.33. The van der Waals surface area contributed by atoms with Crippen molar-refractivity contribution in [1.29, 1.82) is 0 Å². The van der Waals surface area contributed by atoms with Crippen LogP contribution in [0, 0.1) is 0 Å². The van der Waals surface area contributed by atoms with Gasteiger partial charge in [-0.15, -0.1) is 0 Å². The number of aliphatic hydroxyl groups excluding tert-OH is 1. The van der Waals surface area contributed by atoms with Crippen LogP contribution in [0.25, 0.3) is 33.5 Å². The van der Waals surface area contributed by atoms with Crippen LogP contribution in [0.1, 0.15) is 5.56 Å². The maximum atomic E-state index is 9.93. The molecule has 0 aliphatic carbocycles. The summed E-state index contributed by atoms with van der Waals surface area (Å²) < 4.78 is 17.2. The van der Waals surface area contributed by atoms with E-state index in [0.29, 0.717) is 40.3 Å². The number of pyridine rings is 1.